The standard InChI is InChI=1S/C10H13FN2S/c1-12-5-8-6-14-10-4-7(11)2-3-9(10)13-8/h2-4,8,12-13H,5-6H2,1H3. The third-order valence-electron chi connectivity index (χ3n) is 2.19. The van der Waals surface area contributed by atoms with Crippen LogP contribution in [0.4, 0.5) is 10.1 Å². The summed E-state index contributed by atoms with van der Waals surface area (Å²) in [6, 6.07) is 5.32. The Morgan fingerprint density at radius 1 is 1.64 bits per heavy atom. The molecule has 0 aliphatic carbocycles. The molecule has 14 heavy (non-hydrogen) atoms. The fourth-order valence-electron chi connectivity index (χ4n) is 1.54. The summed E-state index contributed by atoms with van der Waals surface area (Å²) in [5, 5.41) is 6.50. The minimum atomic E-state index is -0.162. The molecule has 1 heterocycles. The van der Waals surface area contributed by atoms with Gasteiger partial charge in [-0.3, -0.25) is 0 Å². The molecule has 0 fully saturated rings. The number of hydrogen-bond donors (Lipinski definition) is 2. The zero-order valence-electron chi connectivity index (χ0n) is 8.01. The Hall–Kier alpha value is -0.740. The van der Waals surface area contributed by atoms with Crippen LogP contribution in [0.15, 0.2) is 23.1 Å². The van der Waals surface area contributed by atoms with Gasteiger partial charge in [-0.15, -0.1) is 11.8 Å². The van der Waals surface area contributed by atoms with E-state index >= 15 is 0 Å². The van der Waals surface area contributed by atoms with Crippen LogP contribution in [0.25, 0.3) is 0 Å². The van der Waals surface area contributed by atoms with Crippen LogP contribution in [-0.4, -0.2) is 25.4 Å². The molecule has 1 atom stereocenters. The van der Waals surface area contributed by atoms with Gasteiger partial charge >= 0.3 is 0 Å². The molecule has 0 saturated carbocycles. The monoisotopic (exact) mass is 212 g/mol. The summed E-state index contributed by atoms with van der Waals surface area (Å²) >= 11 is 1.71. The van der Waals surface area contributed by atoms with Crippen LogP contribution >= 0.6 is 11.8 Å². The maximum Gasteiger partial charge on any atom is 0.124 e. The predicted molar refractivity (Wildman–Crippen MR) is 58.5 cm³/mol. The van der Waals surface area contributed by atoms with Crippen molar-refractivity contribution in [3.8, 4) is 0 Å². The maximum absolute atomic E-state index is 12.9. The van der Waals surface area contributed by atoms with Gasteiger partial charge < -0.3 is 10.6 Å². The summed E-state index contributed by atoms with van der Waals surface area (Å²) in [5.74, 6) is 0.821. The van der Waals surface area contributed by atoms with Crippen LogP contribution < -0.4 is 10.6 Å². The zero-order chi connectivity index (χ0) is 9.97. The summed E-state index contributed by atoms with van der Waals surface area (Å²) in [4.78, 5) is 1.01. The third kappa shape index (κ3) is 2.01. The third-order valence-corrected chi connectivity index (χ3v) is 3.41. The van der Waals surface area contributed by atoms with Crippen molar-refractivity contribution in [1.82, 2.24) is 5.32 Å². The Morgan fingerprint density at radius 3 is 3.29 bits per heavy atom. The van der Waals surface area contributed by atoms with Crippen molar-refractivity contribution >= 4 is 17.4 Å². The molecular formula is C10H13FN2S. The first kappa shape index (κ1) is 9.80. The van der Waals surface area contributed by atoms with Crippen molar-refractivity contribution in [1.29, 1.82) is 0 Å². The van der Waals surface area contributed by atoms with E-state index in [2.05, 4.69) is 10.6 Å². The largest absolute Gasteiger partial charge is 0.379 e. The van der Waals surface area contributed by atoms with Crippen LogP contribution in [0.5, 0.6) is 0 Å². The number of benzene rings is 1. The lowest BCUT2D eigenvalue weighted by atomic mass is 10.2. The molecule has 1 aliphatic rings. The van der Waals surface area contributed by atoms with Gasteiger partial charge in [0, 0.05) is 28.9 Å². The van der Waals surface area contributed by atoms with E-state index in [9.17, 15) is 4.39 Å². The average molecular weight is 212 g/mol. The van der Waals surface area contributed by atoms with Gasteiger partial charge in [0.25, 0.3) is 0 Å². The Kier molecular flexibility index (Phi) is 2.93. The van der Waals surface area contributed by atoms with Crippen LogP contribution in [-0.2, 0) is 0 Å². The van der Waals surface area contributed by atoms with Crippen molar-refractivity contribution in [2.75, 3.05) is 24.7 Å². The van der Waals surface area contributed by atoms with Crippen LogP contribution in [0.2, 0.25) is 0 Å². The number of anilines is 1. The minimum absolute atomic E-state index is 0.162. The number of fused-ring (bicyclic) bond motifs is 1. The van der Waals surface area contributed by atoms with E-state index in [0.29, 0.717) is 6.04 Å². The first-order valence-electron chi connectivity index (χ1n) is 4.63. The molecule has 4 heteroatoms. The summed E-state index contributed by atoms with van der Waals surface area (Å²) in [6.45, 7) is 0.934. The number of thioether (sulfide) groups is 1. The molecule has 2 N–H and O–H groups in total. The maximum atomic E-state index is 12.9. The Balaban J connectivity index is 2.15. The summed E-state index contributed by atoms with van der Waals surface area (Å²) < 4.78 is 12.9. The van der Waals surface area contributed by atoms with Gasteiger partial charge in [0.1, 0.15) is 5.82 Å². The van der Waals surface area contributed by atoms with Crippen molar-refractivity contribution in [2.45, 2.75) is 10.9 Å². The van der Waals surface area contributed by atoms with Crippen molar-refractivity contribution < 1.29 is 4.39 Å². The molecule has 0 saturated heterocycles. The zero-order valence-corrected chi connectivity index (χ0v) is 8.83. The molecule has 2 rings (SSSR count). The number of halogens is 1. The summed E-state index contributed by atoms with van der Waals surface area (Å²) in [6.07, 6.45) is 0. The van der Waals surface area contributed by atoms with E-state index in [4.69, 9.17) is 0 Å². The Labute approximate surface area is 87.3 Å². The first-order valence-corrected chi connectivity index (χ1v) is 5.61. The fourth-order valence-corrected chi connectivity index (χ4v) is 2.60. The van der Waals surface area contributed by atoms with Crippen LogP contribution in [0.1, 0.15) is 0 Å². The summed E-state index contributed by atoms with van der Waals surface area (Å²) in [5.41, 5.74) is 1.04. The molecule has 1 aromatic rings. The van der Waals surface area contributed by atoms with Gasteiger partial charge in [-0.05, 0) is 25.2 Å². The van der Waals surface area contributed by atoms with E-state index in [1.165, 1.54) is 6.07 Å². The van der Waals surface area contributed by atoms with E-state index in [1.807, 2.05) is 7.05 Å². The second-order valence-electron chi connectivity index (χ2n) is 3.35. The molecule has 1 aromatic carbocycles. The highest BCUT2D eigenvalue weighted by molar-refractivity contribution is 7.99. The molecule has 0 bridgehead atoms. The van der Waals surface area contributed by atoms with Gasteiger partial charge in [0.15, 0.2) is 0 Å². The first-order chi connectivity index (χ1) is 6.79. The molecular weight excluding hydrogens is 199 g/mol. The lowest BCUT2D eigenvalue weighted by Crippen LogP contribution is -2.35. The fraction of sp³-hybridized carbons (Fsp3) is 0.400. The molecule has 2 nitrogen and oxygen atoms in total. The van der Waals surface area contributed by atoms with E-state index in [1.54, 1.807) is 23.9 Å². The van der Waals surface area contributed by atoms with Crippen LogP contribution in [0, 0.1) is 5.82 Å². The van der Waals surface area contributed by atoms with Gasteiger partial charge in [-0.25, -0.2) is 4.39 Å². The number of likely N-dealkylation sites (N-methyl/N-ethyl adjacent to an activating group) is 1. The molecule has 0 amide bonds. The van der Waals surface area contributed by atoms with E-state index < -0.39 is 0 Å². The number of hydrogen-bond acceptors (Lipinski definition) is 3. The molecule has 0 spiro atoms. The number of rotatable bonds is 2. The predicted octanol–water partition coefficient (Wildman–Crippen LogP) is 1.93. The molecule has 1 aliphatic heterocycles. The molecule has 0 radical (unpaired) electrons. The molecule has 0 aromatic heterocycles. The highest BCUT2D eigenvalue weighted by atomic mass is 32.2. The van der Waals surface area contributed by atoms with Gasteiger partial charge in [-0.2, -0.15) is 0 Å². The normalized spacial score (nSPS) is 20.0. The van der Waals surface area contributed by atoms with Gasteiger partial charge in [-0.1, -0.05) is 0 Å². The lowest BCUT2D eigenvalue weighted by Gasteiger charge is -2.26. The smallest absolute Gasteiger partial charge is 0.124 e. The van der Waals surface area contributed by atoms with Crippen LogP contribution in [0.3, 0.4) is 0 Å². The quantitative estimate of drug-likeness (QED) is 0.783. The summed E-state index contributed by atoms with van der Waals surface area (Å²) in [7, 11) is 1.94. The highest BCUT2D eigenvalue weighted by Crippen LogP contribution is 2.33. The second kappa shape index (κ2) is 4.19. The number of nitrogens with one attached hydrogen (secondary N) is 2. The SMILES string of the molecule is CNCC1CSc2cc(F)ccc2N1. The van der Waals surface area contributed by atoms with Crippen molar-refractivity contribution in [2.24, 2.45) is 0 Å². The van der Waals surface area contributed by atoms with E-state index in [0.717, 1.165) is 22.9 Å². The topological polar surface area (TPSA) is 24.1 Å². The Morgan fingerprint density at radius 2 is 2.50 bits per heavy atom. The van der Waals surface area contributed by atoms with E-state index in [-0.39, 0.29) is 5.82 Å². The molecule has 76 valence electrons. The van der Waals surface area contributed by atoms with Gasteiger partial charge in [0.2, 0.25) is 0 Å². The molecule has 1 unspecified atom stereocenters. The Bertz CT molecular complexity index is 330. The van der Waals surface area contributed by atoms with Crippen molar-refractivity contribution in [3.05, 3.63) is 24.0 Å². The van der Waals surface area contributed by atoms with Crippen molar-refractivity contribution in [3.63, 3.8) is 0 Å². The lowest BCUT2D eigenvalue weighted by molar-refractivity contribution is 0.623. The highest BCUT2D eigenvalue weighted by Gasteiger charge is 2.17. The second-order valence-corrected chi connectivity index (χ2v) is 4.41. The van der Waals surface area contributed by atoms with Gasteiger partial charge in [0.05, 0.1) is 0 Å². The minimum Gasteiger partial charge on any atom is -0.379 e. The average Bonchev–Trinajstić information content (AvgIpc) is 2.19.